The van der Waals surface area contributed by atoms with Gasteiger partial charge in [0.1, 0.15) is 5.82 Å². The van der Waals surface area contributed by atoms with Crippen LogP contribution in [0.1, 0.15) is 48.5 Å². The number of carbonyl (C=O) groups is 1. The van der Waals surface area contributed by atoms with Gasteiger partial charge in [-0.15, -0.1) is 0 Å². The first kappa shape index (κ1) is 20.5. The van der Waals surface area contributed by atoms with E-state index in [2.05, 4.69) is 22.2 Å². The first-order valence-electron chi connectivity index (χ1n) is 9.51. The van der Waals surface area contributed by atoms with Gasteiger partial charge < -0.3 is 5.32 Å². The van der Waals surface area contributed by atoms with Gasteiger partial charge in [0.15, 0.2) is 0 Å². The summed E-state index contributed by atoms with van der Waals surface area (Å²) in [6.07, 6.45) is 4.06. The highest BCUT2D eigenvalue weighted by atomic mass is 32.2. The standard InChI is InChI=1S/C21H25FN2O3S/c1-2-24-28(26,27)17-10-11-19(22)18(14-17)20(25)23-15-21(12-6-7-13-21)16-8-4-3-5-9-16/h3-5,8-11,14,24H,2,6-7,12-13,15H2,1H3,(H,23,25). The van der Waals surface area contributed by atoms with Gasteiger partial charge in [0.05, 0.1) is 10.5 Å². The summed E-state index contributed by atoms with van der Waals surface area (Å²) in [5.41, 5.74) is 0.734. The summed E-state index contributed by atoms with van der Waals surface area (Å²) in [6, 6.07) is 13.3. The molecule has 0 heterocycles. The van der Waals surface area contributed by atoms with Gasteiger partial charge >= 0.3 is 0 Å². The van der Waals surface area contributed by atoms with Crippen molar-refractivity contribution in [1.29, 1.82) is 0 Å². The van der Waals surface area contributed by atoms with Crippen LogP contribution in [-0.4, -0.2) is 27.4 Å². The van der Waals surface area contributed by atoms with Crippen LogP contribution in [0.3, 0.4) is 0 Å². The van der Waals surface area contributed by atoms with Crippen molar-refractivity contribution in [3.63, 3.8) is 0 Å². The van der Waals surface area contributed by atoms with Gasteiger partial charge in [-0.25, -0.2) is 17.5 Å². The molecule has 0 spiro atoms. The Morgan fingerprint density at radius 3 is 2.43 bits per heavy atom. The summed E-state index contributed by atoms with van der Waals surface area (Å²) >= 11 is 0. The van der Waals surface area contributed by atoms with E-state index >= 15 is 0 Å². The predicted octanol–water partition coefficient (Wildman–Crippen LogP) is 3.37. The maximum Gasteiger partial charge on any atom is 0.254 e. The Balaban J connectivity index is 1.81. The molecule has 5 nitrogen and oxygen atoms in total. The van der Waals surface area contributed by atoms with Crippen molar-refractivity contribution in [2.75, 3.05) is 13.1 Å². The largest absolute Gasteiger partial charge is 0.351 e. The Morgan fingerprint density at radius 2 is 1.79 bits per heavy atom. The molecule has 1 aliphatic rings. The second-order valence-corrected chi connectivity index (χ2v) is 8.95. The highest BCUT2D eigenvalue weighted by molar-refractivity contribution is 7.89. The minimum atomic E-state index is -3.77. The van der Waals surface area contributed by atoms with E-state index in [4.69, 9.17) is 0 Å². The molecule has 0 aliphatic heterocycles. The Morgan fingerprint density at radius 1 is 1.11 bits per heavy atom. The van der Waals surface area contributed by atoms with E-state index in [9.17, 15) is 17.6 Å². The molecule has 1 amide bonds. The smallest absolute Gasteiger partial charge is 0.254 e. The lowest BCUT2D eigenvalue weighted by atomic mass is 9.79. The number of benzene rings is 2. The van der Waals surface area contributed by atoms with Gasteiger partial charge in [-0.2, -0.15) is 0 Å². The zero-order valence-electron chi connectivity index (χ0n) is 15.9. The number of nitrogens with one attached hydrogen (secondary N) is 2. The van der Waals surface area contributed by atoms with Crippen molar-refractivity contribution in [3.8, 4) is 0 Å². The molecular weight excluding hydrogens is 379 g/mol. The van der Waals surface area contributed by atoms with Crippen LogP contribution in [0.4, 0.5) is 4.39 Å². The quantitative estimate of drug-likeness (QED) is 0.743. The van der Waals surface area contributed by atoms with Gasteiger partial charge in [-0.3, -0.25) is 4.79 Å². The number of hydrogen-bond acceptors (Lipinski definition) is 3. The van der Waals surface area contributed by atoms with Crippen LogP contribution < -0.4 is 10.0 Å². The third kappa shape index (κ3) is 4.25. The van der Waals surface area contributed by atoms with Crippen molar-refractivity contribution in [3.05, 3.63) is 65.5 Å². The van der Waals surface area contributed by atoms with E-state index in [1.54, 1.807) is 6.92 Å². The van der Waals surface area contributed by atoms with E-state index in [1.165, 1.54) is 0 Å². The van der Waals surface area contributed by atoms with Crippen molar-refractivity contribution in [2.45, 2.75) is 42.9 Å². The second kappa shape index (κ2) is 8.41. The van der Waals surface area contributed by atoms with Gasteiger partial charge in [-0.1, -0.05) is 50.1 Å². The fourth-order valence-electron chi connectivity index (χ4n) is 3.87. The summed E-state index contributed by atoms with van der Waals surface area (Å²) in [7, 11) is -3.77. The number of rotatable bonds is 7. The van der Waals surface area contributed by atoms with E-state index in [0.717, 1.165) is 49.4 Å². The predicted molar refractivity (Wildman–Crippen MR) is 106 cm³/mol. The van der Waals surface area contributed by atoms with E-state index in [0.29, 0.717) is 6.54 Å². The molecule has 1 saturated carbocycles. The fourth-order valence-corrected chi connectivity index (χ4v) is 4.94. The molecule has 2 aromatic carbocycles. The lowest BCUT2D eigenvalue weighted by Gasteiger charge is -2.30. The van der Waals surface area contributed by atoms with E-state index in [-0.39, 0.29) is 22.4 Å². The van der Waals surface area contributed by atoms with Crippen molar-refractivity contribution in [1.82, 2.24) is 10.0 Å². The summed E-state index contributed by atoms with van der Waals surface area (Å²) in [5.74, 6) is -1.35. The van der Waals surface area contributed by atoms with Crippen LogP contribution >= 0.6 is 0 Å². The Kier molecular flexibility index (Phi) is 6.15. The van der Waals surface area contributed by atoms with Crippen molar-refractivity contribution < 1.29 is 17.6 Å². The molecule has 0 saturated heterocycles. The fraction of sp³-hybridized carbons (Fsp3) is 0.381. The van der Waals surface area contributed by atoms with Crippen molar-refractivity contribution in [2.24, 2.45) is 0 Å². The first-order chi connectivity index (χ1) is 13.4. The molecule has 0 radical (unpaired) electrons. The maximum absolute atomic E-state index is 14.2. The third-order valence-electron chi connectivity index (χ3n) is 5.36. The molecule has 3 rings (SSSR count). The number of sulfonamides is 1. The minimum Gasteiger partial charge on any atom is -0.351 e. The highest BCUT2D eigenvalue weighted by Crippen LogP contribution is 2.40. The van der Waals surface area contributed by atoms with E-state index in [1.807, 2.05) is 18.2 Å². The van der Waals surface area contributed by atoms with Crippen LogP contribution in [0.5, 0.6) is 0 Å². The van der Waals surface area contributed by atoms with E-state index < -0.39 is 21.7 Å². The number of hydrogen-bond donors (Lipinski definition) is 2. The van der Waals surface area contributed by atoms with Crippen LogP contribution in [0, 0.1) is 5.82 Å². The minimum absolute atomic E-state index is 0.125. The Bertz CT molecular complexity index is 939. The molecule has 7 heteroatoms. The molecule has 0 aromatic heterocycles. The van der Waals surface area contributed by atoms with Gasteiger partial charge in [-0.05, 0) is 36.6 Å². The molecule has 150 valence electrons. The topological polar surface area (TPSA) is 75.3 Å². The number of carbonyl (C=O) groups excluding carboxylic acids is 1. The van der Waals surface area contributed by atoms with Crippen LogP contribution in [0.15, 0.2) is 53.4 Å². The zero-order chi connectivity index (χ0) is 20.2. The summed E-state index contributed by atoms with van der Waals surface area (Å²) in [4.78, 5) is 12.5. The van der Waals surface area contributed by atoms with Crippen LogP contribution in [0.2, 0.25) is 0 Å². The molecule has 2 aromatic rings. The van der Waals surface area contributed by atoms with Crippen LogP contribution in [0.25, 0.3) is 0 Å². The molecule has 1 aliphatic carbocycles. The average molecular weight is 405 g/mol. The zero-order valence-corrected chi connectivity index (χ0v) is 16.7. The molecule has 1 fully saturated rings. The Hall–Kier alpha value is -2.25. The lowest BCUT2D eigenvalue weighted by molar-refractivity contribution is 0.0939. The van der Waals surface area contributed by atoms with Gasteiger partial charge in [0, 0.05) is 18.5 Å². The molecule has 2 N–H and O–H groups in total. The molecule has 0 atom stereocenters. The monoisotopic (exact) mass is 404 g/mol. The summed E-state index contributed by atoms with van der Waals surface area (Å²) < 4.78 is 40.9. The SMILES string of the molecule is CCNS(=O)(=O)c1ccc(F)c(C(=O)NCC2(c3ccccc3)CCCC2)c1. The summed E-state index contributed by atoms with van der Waals surface area (Å²) in [5, 5.41) is 2.84. The number of halogens is 1. The van der Waals surface area contributed by atoms with Crippen molar-refractivity contribution >= 4 is 15.9 Å². The van der Waals surface area contributed by atoms with Gasteiger partial charge in [0.2, 0.25) is 10.0 Å². The number of amides is 1. The normalized spacial score (nSPS) is 16.1. The summed E-state index contributed by atoms with van der Waals surface area (Å²) in [6.45, 7) is 2.25. The second-order valence-electron chi connectivity index (χ2n) is 7.18. The molecular formula is C21H25FN2O3S. The lowest BCUT2D eigenvalue weighted by Crippen LogP contribution is -2.39. The first-order valence-corrected chi connectivity index (χ1v) is 11.0. The Labute approximate surface area is 165 Å². The van der Waals surface area contributed by atoms with Crippen LogP contribution in [-0.2, 0) is 15.4 Å². The molecule has 28 heavy (non-hydrogen) atoms. The third-order valence-corrected chi connectivity index (χ3v) is 6.90. The molecule has 0 unspecified atom stereocenters. The average Bonchev–Trinajstić information content (AvgIpc) is 3.17. The van der Waals surface area contributed by atoms with Gasteiger partial charge in [0.25, 0.3) is 5.91 Å². The maximum atomic E-state index is 14.2. The molecule has 0 bridgehead atoms. The highest BCUT2D eigenvalue weighted by Gasteiger charge is 2.36.